The van der Waals surface area contributed by atoms with Gasteiger partial charge in [0.2, 0.25) is 17.8 Å². The number of fused-ring (bicyclic) bond motifs is 3. The average Bonchev–Trinajstić information content (AvgIpc) is 3.06. The SMILES string of the molecule is O=C(C[C@@H]1C(=O)Nc2nc3ccccc3n21)Nc1ccc(F)cc1. The second-order valence-electron chi connectivity index (χ2n) is 5.56. The van der Waals surface area contributed by atoms with E-state index in [1.807, 2.05) is 24.3 Å². The van der Waals surface area contributed by atoms with Crippen molar-refractivity contribution in [1.29, 1.82) is 0 Å². The summed E-state index contributed by atoms with van der Waals surface area (Å²) in [7, 11) is 0. The summed E-state index contributed by atoms with van der Waals surface area (Å²) < 4.78 is 14.6. The predicted molar refractivity (Wildman–Crippen MR) is 87.0 cm³/mol. The molecule has 2 aromatic carbocycles. The maximum Gasteiger partial charge on any atom is 0.250 e. The van der Waals surface area contributed by atoms with Crippen LogP contribution in [0.15, 0.2) is 48.5 Å². The zero-order chi connectivity index (χ0) is 16.7. The van der Waals surface area contributed by atoms with Gasteiger partial charge in [0.25, 0.3) is 0 Å². The molecule has 0 radical (unpaired) electrons. The third kappa shape index (κ3) is 2.40. The van der Waals surface area contributed by atoms with Crippen LogP contribution in [0.3, 0.4) is 0 Å². The number of aromatic nitrogens is 2. The van der Waals surface area contributed by atoms with Crippen molar-refractivity contribution in [3.05, 3.63) is 54.3 Å². The van der Waals surface area contributed by atoms with Gasteiger partial charge in [-0.25, -0.2) is 9.37 Å². The molecular formula is C17H13FN4O2. The highest BCUT2D eigenvalue weighted by Gasteiger charge is 2.34. The summed E-state index contributed by atoms with van der Waals surface area (Å²) in [6.45, 7) is 0. The molecule has 0 bridgehead atoms. The first kappa shape index (κ1) is 14.4. The molecule has 1 atom stereocenters. The lowest BCUT2D eigenvalue weighted by molar-refractivity contribution is -0.123. The Morgan fingerprint density at radius 3 is 2.75 bits per heavy atom. The van der Waals surface area contributed by atoms with Gasteiger partial charge in [-0.05, 0) is 36.4 Å². The third-order valence-electron chi connectivity index (χ3n) is 3.95. The molecule has 3 aromatic rings. The van der Waals surface area contributed by atoms with Crippen LogP contribution in [0, 0.1) is 5.82 Å². The van der Waals surface area contributed by atoms with Gasteiger partial charge >= 0.3 is 0 Å². The van der Waals surface area contributed by atoms with Gasteiger partial charge in [-0.1, -0.05) is 12.1 Å². The molecule has 0 saturated heterocycles. The standard InChI is InChI=1S/C17H13FN4O2/c18-10-5-7-11(8-6-10)19-15(23)9-14-16(24)21-17-20-12-3-1-2-4-13(12)22(14)17/h1-8,14H,9H2,(H,19,23)(H,20,21,24)/t14-/m1/s1. The number of rotatable bonds is 3. The fourth-order valence-corrected chi connectivity index (χ4v) is 2.86. The number of anilines is 2. The molecule has 0 spiro atoms. The van der Waals surface area contributed by atoms with Gasteiger partial charge < -0.3 is 5.32 Å². The van der Waals surface area contributed by atoms with Gasteiger partial charge in [0.05, 0.1) is 17.5 Å². The summed E-state index contributed by atoms with van der Waals surface area (Å²) in [4.78, 5) is 28.8. The molecular weight excluding hydrogens is 311 g/mol. The van der Waals surface area contributed by atoms with Crippen molar-refractivity contribution in [3.63, 3.8) is 0 Å². The van der Waals surface area contributed by atoms with E-state index in [9.17, 15) is 14.0 Å². The monoisotopic (exact) mass is 324 g/mol. The first-order chi connectivity index (χ1) is 11.6. The quantitative estimate of drug-likeness (QED) is 0.778. The number of benzene rings is 2. The fraction of sp³-hybridized carbons (Fsp3) is 0.118. The lowest BCUT2D eigenvalue weighted by atomic mass is 10.1. The zero-order valence-corrected chi connectivity index (χ0v) is 12.5. The molecule has 0 unspecified atom stereocenters. The van der Waals surface area contributed by atoms with Gasteiger partial charge in [0, 0.05) is 5.69 Å². The van der Waals surface area contributed by atoms with Crippen LogP contribution in [0.2, 0.25) is 0 Å². The highest BCUT2D eigenvalue weighted by atomic mass is 19.1. The number of carbonyl (C=O) groups is 2. The fourth-order valence-electron chi connectivity index (χ4n) is 2.86. The van der Waals surface area contributed by atoms with Crippen LogP contribution >= 0.6 is 0 Å². The van der Waals surface area contributed by atoms with Gasteiger partial charge in [-0.2, -0.15) is 0 Å². The van der Waals surface area contributed by atoms with E-state index in [-0.39, 0.29) is 24.1 Å². The number of imidazole rings is 1. The molecule has 0 fully saturated rings. The minimum Gasteiger partial charge on any atom is -0.326 e. The highest BCUT2D eigenvalue weighted by molar-refractivity contribution is 6.03. The van der Waals surface area contributed by atoms with Crippen molar-refractivity contribution in [1.82, 2.24) is 9.55 Å². The van der Waals surface area contributed by atoms with Crippen LogP contribution < -0.4 is 10.6 Å². The molecule has 120 valence electrons. The lowest BCUT2D eigenvalue weighted by Crippen LogP contribution is -2.23. The summed E-state index contributed by atoms with van der Waals surface area (Å²) in [5.41, 5.74) is 2.04. The number of halogens is 1. The van der Waals surface area contributed by atoms with Crippen molar-refractivity contribution in [2.45, 2.75) is 12.5 Å². The van der Waals surface area contributed by atoms with E-state index in [4.69, 9.17) is 0 Å². The summed E-state index contributed by atoms with van der Waals surface area (Å²) in [6, 6.07) is 12.2. The molecule has 0 saturated carbocycles. The number of hydrogen-bond acceptors (Lipinski definition) is 3. The van der Waals surface area contributed by atoms with E-state index in [2.05, 4.69) is 15.6 Å². The van der Waals surface area contributed by atoms with E-state index >= 15 is 0 Å². The topological polar surface area (TPSA) is 76.0 Å². The molecule has 1 aromatic heterocycles. The summed E-state index contributed by atoms with van der Waals surface area (Å²) >= 11 is 0. The number of amides is 2. The summed E-state index contributed by atoms with van der Waals surface area (Å²) in [6.07, 6.45) is -0.0312. The van der Waals surface area contributed by atoms with Crippen molar-refractivity contribution in [2.75, 3.05) is 10.6 Å². The number of hydrogen-bond donors (Lipinski definition) is 2. The van der Waals surface area contributed by atoms with Crippen molar-refractivity contribution in [2.24, 2.45) is 0 Å². The molecule has 6 nitrogen and oxygen atoms in total. The first-order valence-corrected chi connectivity index (χ1v) is 7.45. The van der Waals surface area contributed by atoms with Crippen LogP contribution in [0.4, 0.5) is 16.0 Å². The molecule has 2 N–H and O–H groups in total. The van der Waals surface area contributed by atoms with Crippen LogP contribution in [-0.2, 0) is 9.59 Å². The Balaban J connectivity index is 1.58. The molecule has 7 heteroatoms. The van der Waals surface area contributed by atoms with Gasteiger partial charge in [0.1, 0.15) is 11.9 Å². The Bertz CT molecular complexity index is 949. The normalized spacial score (nSPS) is 16.0. The molecule has 2 amide bonds. The largest absolute Gasteiger partial charge is 0.326 e. The second-order valence-corrected chi connectivity index (χ2v) is 5.56. The smallest absolute Gasteiger partial charge is 0.250 e. The maximum absolute atomic E-state index is 12.9. The van der Waals surface area contributed by atoms with Crippen LogP contribution in [0.5, 0.6) is 0 Å². The maximum atomic E-state index is 12.9. The van der Waals surface area contributed by atoms with E-state index in [0.717, 1.165) is 11.0 Å². The number of nitrogens with zero attached hydrogens (tertiary/aromatic N) is 2. The minimum absolute atomic E-state index is 0.0312. The van der Waals surface area contributed by atoms with Crippen LogP contribution in [0.1, 0.15) is 12.5 Å². The van der Waals surface area contributed by atoms with Crippen LogP contribution in [0.25, 0.3) is 11.0 Å². The van der Waals surface area contributed by atoms with Crippen molar-refractivity contribution >= 4 is 34.5 Å². The lowest BCUT2D eigenvalue weighted by Gasteiger charge is -2.12. The van der Waals surface area contributed by atoms with E-state index in [1.54, 1.807) is 4.57 Å². The van der Waals surface area contributed by atoms with Gasteiger partial charge in [-0.3, -0.25) is 19.5 Å². The van der Waals surface area contributed by atoms with E-state index in [1.165, 1.54) is 24.3 Å². The van der Waals surface area contributed by atoms with E-state index in [0.29, 0.717) is 11.6 Å². The van der Waals surface area contributed by atoms with E-state index < -0.39 is 6.04 Å². The Kier molecular flexibility index (Phi) is 3.26. The average molecular weight is 324 g/mol. The van der Waals surface area contributed by atoms with Crippen molar-refractivity contribution < 1.29 is 14.0 Å². The Morgan fingerprint density at radius 1 is 1.21 bits per heavy atom. The first-order valence-electron chi connectivity index (χ1n) is 7.45. The molecule has 1 aliphatic rings. The Morgan fingerprint density at radius 2 is 1.96 bits per heavy atom. The van der Waals surface area contributed by atoms with Crippen LogP contribution in [-0.4, -0.2) is 21.4 Å². The highest BCUT2D eigenvalue weighted by Crippen LogP contribution is 2.32. The molecule has 24 heavy (non-hydrogen) atoms. The predicted octanol–water partition coefficient (Wildman–Crippen LogP) is 2.70. The minimum atomic E-state index is -0.659. The second kappa shape index (κ2) is 5.45. The summed E-state index contributed by atoms with van der Waals surface area (Å²) in [5, 5.41) is 5.37. The van der Waals surface area contributed by atoms with Crippen molar-refractivity contribution in [3.8, 4) is 0 Å². The summed E-state index contributed by atoms with van der Waals surface area (Å²) in [5.74, 6) is -0.525. The number of nitrogens with one attached hydrogen (secondary N) is 2. The van der Waals surface area contributed by atoms with Gasteiger partial charge in [-0.15, -0.1) is 0 Å². The molecule has 0 aliphatic carbocycles. The molecule has 4 rings (SSSR count). The zero-order valence-electron chi connectivity index (χ0n) is 12.5. The third-order valence-corrected chi connectivity index (χ3v) is 3.95. The number of carbonyl (C=O) groups excluding carboxylic acids is 2. The molecule has 2 heterocycles. The Hall–Kier alpha value is -3.22. The van der Waals surface area contributed by atoms with Gasteiger partial charge in [0.15, 0.2) is 0 Å². The number of para-hydroxylation sites is 2. The molecule has 1 aliphatic heterocycles. The Labute approximate surface area is 136 Å².